The molecule has 0 bridgehead atoms. The molecule has 2 aromatic rings. The standard InChI is InChI=1S/C27H34N2O4/c1-4-6-13-23-24-14-9-10-15-26(24)29(25(23)5-2)17-11-7-8-12-21-19-22(33-28-21)20-32-18-16-27(30)31-3/h4-6,9-10,13-15,19,25H,2,7-8,11-12,16-18,20H2,1,3H3/b6-4-,23-13-. The summed E-state index contributed by atoms with van der Waals surface area (Å²) >= 11 is 0. The molecular weight excluding hydrogens is 416 g/mol. The highest BCUT2D eigenvalue weighted by Crippen LogP contribution is 2.40. The van der Waals surface area contributed by atoms with E-state index in [0.29, 0.717) is 19.0 Å². The third-order valence-electron chi connectivity index (χ3n) is 5.73. The van der Waals surface area contributed by atoms with E-state index < -0.39 is 0 Å². The minimum absolute atomic E-state index is 0.205. The first-order valence-electron chi connectivity index (χ1n) is 11.6. The Morgan fingerprint density at radius 3 is 2.91 bits per heavy atom. The molecule has 2 heterocycles. The number of hydrogen-bond acceptors (Lipinski definition) is 6. The highest BCUT2D eigenvalue weighted by atomic mass is 16.5. The first kappa shape index (κ1) is 24.5. The molecule has 6 heteroatoms. The van der Waals surface area contributed by atoms with Gasteiger partial charge in [0.05, 0.1) is 31.9 Å². The van der Waals surface area contributed by atoms with Crippen molar-refractivity contribution in [2.75, 3.05) is 25.2 Å². The third kappa shape index (κ3) is 6.68. The molecule has 1 aromatic carbocycles. The number of allylic oxidation sites excluding steroid dienone is 3. The van der Waals surface area contributed by atoms with Crippen molar-refractivity contribution in [3.05, 3.63) is 78.2 Å². The van der Waals surface area contributed by atoms with Crippen molar-refractivity contribution in [1.29, 1.82) is 0 Å². The molecule has 0 fully saturated rings. The van der Waals surface area contributed by atoms with E-state index >= 15 is 0 Å². The normalized spacial score (nSPS) is 16.5. The van der Waals surface area contributed by atoms with Crippen molar-refractivity contribution in [2.24, 2.45) is 0 Å². The maximum atomic E-state index is 11.1. The fourth-order valence-corrected chi connectivity index (χ4v) is 4.08. The Hall–Kier alpha value is -3.12. The molecule has 0 spiro atoms. The predicted octanol–water partition coefficient (Wildman–Crippen LogP) is 5.50. The van der Waals surface area contributed by atoms with Crippen LogP contribution in [0.15, 0.2) is 65.7 Å². The average Bonchev–Trinajstić information content (AvgIpc) is 3.42. The minimum atomic E-state index is -0.282. The Morgan fingerprint density at radius 2 is 2.12 bits per heavy atom. The van der Waals surface area contributed by atoms with Gasteiger partial charge in [-0.1, -0.05) is 54.1 Å². The summed E-state index contributed by atoms with van der Waals surface area (Å²) in [6, 6.07) is 10.7. The molecule has 1 aliphatic heterocycles. The Bertz CT molecular complexity index is 976. The molecule has 1 atom stereocenters. The lowest BCUT2D eigenvalue weighted by atomic mass is 10.0. The quantitative estimate of drug-likeness (QED) is 0.228. The van der Waals surface area contributed by atoms with Gasteiger partial charge in [0.15, 0.2) is 5.76 Å². The fraction of sp³-hybridized carbons (Fsp3) is 0.407. The number of fused-ring (bicyclic) bond motifs is 1. The summed E-state index contributed by atoms with van der Waals surface area (Å²) in [6.45, 7) is 7.74. The van der Waals surface area contributed by atoms with E-state index in [1.54, 1.807) is 0 Å². The number of anilines is 1. The number of carbonyl (C=O) groups is 1. The summed E-state index contributed by atoms with van der Waals surface area (Å²) in [7, 11) is 1.37. The molecule has 6 nitrogen and oxygen atoms in total. The Balaban J connectivity index is 1.43. The first-order chi connectivity index (χ1) is 16.2. The van der Waals surface area contributed by atoms with Gasteiger partial charge in [-0.2, -0.15) is 0 Å². The van der Waals surface area contributed by atoms with Crippen LogP contribution in [0.25, 0.3) is 5.57 Å². The number of ether oxygens (including phenoxy) is 2. The van der Waals surface area contributed by atoms with E-state index in [0.717, 1.165) is 37.9 Å². The average molecular weight is 451 g/mol. The molecule has 0 saturated heterocycles. The molecule has 1 aromatic heterocycles. The number of para-hydroxylation sites is 1. The molecule has 1 aliphatic rings. The maximum Gasteiger partial charge on any atom is 0.307 e. The molecule has 3 rings (SSSR count). The van der Waals surface area contributed by atoms with Gasteiger partial charge in [-0.3, -0.25) is 4.79 Å². The van der Waals surface area contributed by atoms with E-state index in [1.165, 1.54) is 23.9 Å². The number of esters is 1. The largest absolute Gasteiger partial charge is 0.469 e. The van der Waals surface area contributed by atoms with Crippen LogP contribution in [0.1, 0.15) is 49.6 Å². The highest BCUT2D eigenvalue weighted by Gasteiger charge is 2.30. The van der Waals surface area contributed by atoms with Crippen LogP contribution in [0.2, 0.25) is 0 Å². The number of benzene rings is 1. The molecule has 0 amide bonds. The van der Waals surface area contributed by atoms with Crippen LogP contribution in [0, 0.1) is 0 Å². The molecule has 0 aliphatic carbocycles. The van der Waals surface area contributed by atoms with Gasteiger partial charge >= 0.3 is 5.97 Å². The molecule has 0 radical (unpaired) electrons. The fourth-order valence-electron chi connectivity index (χ4n) is 4.08. The Kier molecular flexibility index (Phi) is 9.51. The summed E-state index contributed by atoms with van der Waals surface area (Å²) in [5.41, 5.74) is 4.83. The predicted molar refractivity (Wildman–Crippen MR) is 131 cm³/mol. The summed E-state index contributed by atoms with van der Waals surface area (Å²) in [5.74, 6) is 0.396. The number of hydrogen-bond donors (Lipinski definition) is 0. The zero-order chi connectivity index (χ0) is 23.5. The zero-order valence-corrected chi connectivity index (χ0v) is 19.7. The van der Waals surface area contributed by atoms with Gasteiger partial charge in [-0.15, -0.1) is 6.58 Å². The maximum absolute atomic E-state index is 11.1. The van der Waals surface area contributed by atoms with Gasteiger partial charge in [0.25, 0.3) is 0 Å². The van der Waals surface area contributed by atoms with E-state index in [1.807, 2.05) is 19.1 Å². The molecule has 176 valence electrons. The van der Waals surface area contributed by atoms with Gasteiger partial charge in [0.1, 0.15) is 6.61 Å². The third-order valence-corrected chi connectivity index (χ3v) is 5.73. The minimum Gasteiger partial charge on any atom is -0.469 e. The second-order valence-corrected chi connectivity index (χ2v) is 8.01. The first-order valence-corrected chi connectivity index (χ1v) is 11.6. The molecule has 33 heavy (non-hydrogen) atoms. The molecule has 0 saturated carbocycles. The van der Waals surface area contributed by atoms with Crippen LogP contribution in [0.3, 0.4) is 0 Å². The molecule has 1 unspecified atom stereocenters. The summed E-state index contributed by atoms with van der Waals surface area (Å²) in [5, 5.41) is 4.13. The lowest BCUT2D eigenvalue weighted by Crippen LogP contribution is -2.30. The van der Waals surface area contributed by atoms with Crippen molar-refractivity contribution in [3.63, 3.8) is 0 Å². The number of methoxy groups -OCH3 is 1. The van der Waals surface area contributed by atoms with Crippen molar-refractivity contribution < 1.29 is 18.8 Å². The van der Waals surface area contributed by atoms with E-state index in [2.05, 4.69) is 63.9 Å². The number of aryl methyl sites for hydroxylation is 1. The van der Waals surface area contributed by atoms with Crippen molar-refractivity contribution >= 4 is 17.2 Å². The van der Waals surface area contributed by atoms with Crippen molar-refractivity contribution in [2.45, 2.75) is 51.7 Å². The van der Waals surface area contributed by atoms with Crippen LogP contribution < -0.4 is 4.90 Å². The van der Waals surface area contributed by atoms with Gasteiger partial charge in [-0.25, -0.2) is 0 Å². The van der Waals surface area contributed by atoms with Crippen LogP contribution in [-0.2, 0) is 27.3 Å². The number of carbonyl (C=O) groups excluding carboxylic acids is 1. The van der Waals surface area contributed by atoms with Crippen LogP contribution in [0.5, 0.6) is 0 Å². The smallest absolute Gasteiger partial charge is 0.307 e. The van der Waals surface area contributed by atoms with Gasteiger partial charge in [0, 0.05) is 23.9 Å². The lowest BCUT2D eigenvalue weighted by molar-refractivity contribution is -0.142. The summed E-state index contributed by atoms with van der Waals surface area (Å²) in [6.07, 6.45) is 12.8. The van der Waals surface area contributed by atoms with Crippen LogP contribution in [-0.4, -0.2) is 37.4 Å². The SMILES string of the molecule is C=CC1/C(=C\C=C/C)c2ccccc2N1CCCCCc1cc(COCCC(=O)OC)on1. The molecular formula is C27H34N2O4. The van der Waals surface area contributed by atoms with E-state index in [4.69, 9.17) is 9.26 Å². The van der Waals surface area contributed by atoms with E-state index in [-0.39, 0.29) is 18.4 Å². The van der Waals surface area contributed by atoms with E-state index in [9.17, 15) is 4.79 Å². The Morgan fingerprint density at radius 1 is 1.27 bits per heavy atom. The topological polar surface area (TPSA) is 64.8 Å². The van der Waals surface area contributed by atoms with Gasteiger partial charge < -0.3 is 18.9 Å². The number of nitrogens with zero attached hydrogens (tertiary/aromatic N) is 2. The van der Waals surface area contributed by atoms with Crippen molar-refractivity contribution in [3.8, 4) is 0 Å². The molecule has 0 N–H and O–H groups in total. The zero-order valence-electron chi connectivity index (χ0n) is 19.7. The monoisotopic (exact) mass is 450 g/mol. The lowest BCUT2D eigenvalue weighted by Gasteiger charge is -2.25. The summed E-state index contributed by atoms with van der Waals surface area (Å²) < 4.78 is 15.3. The number of unbranched alkanes of at least 4 members (excludes halogenated alkanes) is 2. The van der Waals surface area contributed by atoms with Gasteiger partial charge in [0.2, 0.25) is 0 Å². The highest BCUT2D eigenvalue weighted by molar-refractivity contribution is 5.89. The van der Waals surface area contributed by atoms with Gasteiger partial charge in [-0.05, 0) is 37.8 Å². The number of rotatable bonds is 13. The van der Waals surface area contributed by atoms with Crippen LogP contribution in [0.4, 0.5) is 5.69 Å². The summed E-state index contributed by atoms with van der Waals surface area (Å²) in [4.78, 5) is 13.5. The number of aromatic nitrogens is 1. The second-order valence-electron chi connectivity index (χ2n) is 8.01. The second kappa shape index (κ2) is 12.8. The Labute approximate surface area is 196 Å². The van der Waals surface area contributed by atoms with Crippen LogP contribution >= 0.6 is 0 Å². The van der Waals surface area contributed by atoms with Crippen molar-refractivity contribution in [1.82, 2.24) is 5.16 Å².